The molecule has 0 aromatic rings. The Kier molecular flexibility index (Phi) is 7.01. The second-order valence-corrected chi connectivity index (χ2v) is 4.57. The summed E-state index contributed by atoms with van der Waals surface area (Å²) in [5.74, 6) is -0.814. The zero-order chi connectivity index (χ0) is 14.3. The largest absolute Gasteiger partial charge is 0.435 e. The first-order valence-corrected chi connectivity index (χ1v) is 6.51. The van der Waals surface area contributed by atoms with Crippen LogP contribution < -0.4 is 0 Å². The smallest absolute Gasteiger partial charge is 0.336 e. The average Bonchev–Trinajstić information content (AvgIpc) is 3.19. The average molecular weight is 274 g/mol. The number of epoxide rings is 1. The summed E-state index contributed by atoms with van der Waals surface area (Å²) >= 11 is 0. The third kappa shape index (κ3) is 4.91. The summed E-state index contributed by atoms with van der Waals surface area (Å²) in [6, 6.07) is 0. The fourth-order valence-corrected chi connectivity index (χ4v) is 2.21. The first-order valence-electron chi connectivity index (χ1n) is 6.51. The van der Waals surface area contributed by atoms with Gasteiger partial charge >= 0.3 is 5.97 Å². The lowest BCUT2D eigenvalue weighted by atomic mass is 9.87. The van der Waals surface area contributed by atoms with Gasteiger partial charge in [0.1, 0.15) is 0 Å². The Labute approximate surface area is 112 Å². The van der Waals surface area contributed by atoms with Crippen LogP contribution in [0, 0.1) is 5.92 Å². The highest BCUT2D eigenvalue weighted by Gasteiger charge is 2.32. The third-order valence-electron chi connectivity index (χ3n) is 3.17. The van der Waals surface area contributed by atoms with Gasteiger partial charge in [0.25, 0.3) is 0 Å². The van der Waals surface area contributed by atoms with Crippen LogP contribution in [-0.2, 0) is 14.3 Å². The molecule has 1 aliphatic heterocycles. The van der Waals surface area contributed by atoms with Crippen molar-refractivity contribution in [2.75, 3.05) is 26.6 Å². The molecule has 1 aliphatic rings. The van der Waals surface area contributed by atoms with Gasteiger partial charge in [0.05, 0.1) is 25.9 Å². The zero-order valence-electron chi connectivity index (χ0n) is 11.2. The van der Waals surface area contributed by atoms with Gasteiger partial charge in [-0.2, -0.15) is 0 Å². The van der Waals surface area contributed by atoms with Gasteiger partial charge in [-0.15, -0.1) is 0 Å². The Bertz CT molecular complexity index is 315. The van der Waals surface area contributed by atoms with Crippen molar-refractivity contribution >= 4 is 5.97 Å². The van der Waals surface area contributed by atoms with Crippen molar-refractivity contribution in [2.45, 2.75) is 32.3 Å². The molecule has 110 valence electrons. The van der Waals surface area contributed by atoms with Crippen LogP contribution in [0.5, 0.6) is 0 Å². The molecule has 1 saturated heterocycles. The maximum Gasteiger partial charge on any atom is 0.336 e. The van der Waals surface area contributed by atoms with Crippen molar-refractivity contribution in [1.82, 2.24) is 0 Å². The van der Waals surface area contributed by atoms with E-state index in [-0.39, 0.29) is 23.2 Å². The molecule has 0 spiro atoms. The molecule has 1 heterocycles. The highest BCUT2D eigenvalue weighted by atomic mass is 16.6. The predicted octanol–water partition coefficient (Wildman–Crippen LogP) is -0.0342. The molecule has 6 heteroatoms. The van der Waals surface area contributed by atoms with E-state index >= 15 is 0 Å². The van der Waals surface area contributed by atoms with Crippen LogP contribution in [0.15, 0.2) is 11.1 Å². The van der Waals surface area contributed by atoms with Crippen molar-refractivity contribution in [3.8, 4) is 0 Å². The summed E-state index contributed by atoms with van der Waals surface area (Å²) in [6.07, 6.45) is 2.39. The van der Waals surface area contributed by atoms with Gasteiger partial charge in [-0.25, -0.2) is 4.79 Å². The molecule has 19 heavy (non-hydrogen) atoms. The van der Waals surface area contributed by atoms with E-state index in [4.69, 9.17) is 9.84 Å². The van der Waals surface area contributed by atoms with Crippen molar-refractivity contribution in [3.63, 3.8) is 0 Å². The molecule has 0 saturated carbocycles. The number of ether oxygens (including phenoxy) is 2. The number of hydrogen-bond donors (Lipinski definition) is 3. The lowest BCUT2D eigenvalue weighted by Crippen LogP contribution is -2.22. The number of aliphatic hydroxyl groups is 3. The molecular formula is C13H22O6. The Morgan fingerprint density at radius 3 is 2.42 bits per heavy atom. The minimum atomic E-state index is -0.717. The maximum atomic E-state index is 11.9. The molecule has 0 aliphatic carbocycles. The lowest BCUT2D eigenvalue weighted by molar-refractivity contribution is -0.147. The summed E-state index contributed by atoms with van der Waals surface area (Å²) < 4.78 is 9.79. The van der Waals surface area contributed by atoms with Gasteiger partial charge in [0.2, 0.25) is 0 Å². The summed E-state index contributed by atoms with van der Waals surface area (Å²) in [6.45, 7) is 1.14. The Balaban J connectivity index is 2.95. The van der Waals surface area contributed by atoms with Crippen LogP contribution in [0.2, 0.25) is 0 Å². The number of carbonyl (C=O) groups is 1. The van der Waals surface area contributed by atoms with E-state index in [0.717, 1.165) is 12.8 Å². The maximum absolute atomic E-state index is 11.9. The molecule has 0 amide bonds. The number of carbonyl (C=O) groups excluding carboxylic acids is 1. The minimum absolute atomic E-state index is 0.132. The molecule has 2 atom stereocenters. The fourth-order valence-electron chi connectivity index (χ4n) is 2.21. The molecular weight excluding hydrogens is 252 g/mol. The molecule has 0 radical (unpaired) electrons. The van der Waals surface area contributed by atoms with Crippen LogP contribution in [-0.4, -0.2) is 54.0 Å². The zero-order valence-corrected chi connectivity index (χ0v) is 11.2. The van der Waals surface area contributed by atoms with Crippen molar-refractivity contribution in [2.24, 2.45) is 5.92 Å². The molecule has 1 fully saturated rings. The van der Waals surface area contributed by atoms with Gasteiger partial charge in [0, 0.05) is 5.57 Å². The number of hydrogen-bond acceptors (Lipinski definition) is 6. The van der Waals surface area contributed by atoms with Gasteiger partial charge in [-0.3, -0.25) is 0 Å². The third-order valence-corrected chi connectivity index (χ3v) is 3.17. The van der Waals surface area contributed by atoms with Crippen molar-refractivity contribution < 1.29 is 29.6 Å². The first-order chi connectivity index (χ1) is 9.17. The Hall–Kier alpha value is -0.950. The monoisotopic (exact) mass is 274 g/mol. The highest BCUT2D eigenvalue weighted by molar-refractivity contribution is 5.90. The SMILES string of the molecule is CCCC(CC1CO1)C(C(=O)OCO)=C(CO)CO. The first kappa shape index (κ1) is 16.1. The van der Waals surface area contributed by atoms with E-state index in [9.17, 15) is 15.0 Å². The highest BCUT2D eigenvalue weighted by Crippen LogP contribution is 2.30. The molecule has 6 nitrogen and oxygen atoms in total. The molecule has 1 rings (SSSR count). The van der Waals surface area contributed by atoms with E-state index in [0.29, 0.717) is 13.0 Å². The minimum Gasteiger partial charge on any atom is -0.435 e. The number of aliphatic hydroxyl groups excluding tert-OH is 3. The second kappa shape index (κ2) is 8.27. The summed E-state index contributed by atoms with van der Waals surface area (Å²) in [5, 5.41) is 27.2. The predicted molar refractivity (Wildman–Crippen MR) is 67.1 cm³/mol. The van der Waals surface area contributed by atoms with Gasteiger partial charge in [0.15, 0.2) is 6.79 Å². The molecule has 2 unspecified atom stereocenters. The van der Waals surface area contributed by atoms with Crippen LogP contribution in [0.25, 0.3) is 0 Å². The topological polar surface area (TPSA) is 99.5 Å². The standard InChI is InChI=1S/C13H22O6/c1-2-3-9(4-11-7-18-11)12(10(5-14)6-15)13(17)19-8-16/h9,11,14-16H,2-8H2,1H3. The normalized spacial score (nSPS) is 18.8. The van der Waals surface area contributed by atoms with Crippen LogP contribution in [0.3, 0.4) is 0 Å². The molecule has 0 aromatic heterocycles. The fraction of sp³-hybridized carbons (Fsp3) is 0.769. The quantitative estimate of drug-likeness (QED) is 0.236. The number of esters is 1. The summed E-state index contributed by atoms with van der Waals surface area (Å²) in [7, 11) is 0. The van der Waals surface area contributed by atoms with Crippen molar-refractivity contribution in [3.05, 3.63) is 11.1 Å². The van der Waals surface area contributed by atoms with E-state index in [1.807, 2.05) is 6.92 Å². The second-order valence-electron chi connectivity index (χ2n) is 4.57. The summed E-state index contributed by atoms with van der Waals surface area (Å²) in [5.41, 5.74) is 0.522. The van der Waals surface area contributed by atoms with Crippen LogP contribution in [0.1, 0.15) is 26.2 Å². The van der Waals surface area contributed by atoms with Crippen LogP contribution in [0.4, 0.5) is 0 Å². The van der Waals surface area contributed by atoms with E-state index in [1.54, 1.807) is 0 Å². The van der Waals surface area contributed by atoms with Crippen LogP contribution >= 0.6 is 0 Å². The number of rotatable bonds is 9. The molecule has 0 aromatic carbocycles. The van der Waals surface area contributed by atoms with Gasteiger partial charge < -0.3 is 24.8 Å². The Morgan fingerprint density at radius 1 is 1.37 bits per heavy atom. The lowest BCUT2D eigenvalue weighted by Gasteiger charge is -2.20. The van der Waals surface area contributed by atoms with Gasteiger partial charge in [-0.05, 0) is 24.3 Å². The molecule has 3 N–H and O–H groups in total. The molecule has 0 bridgehead atoms. The van der Waals surface area contributed by atoms with Crippen molar-refractivity contribution in [1.29, 1.82) is 0 Å². The summed E-state index contributed by atoms with van der Waals surface area (Å²) in [4.78, 5) is 11.9. The van der Waals surface area contributed by atoms with E-state index in [1.165, 1.54) is 0 Å². The van der Waals surface area contributed by atoms with E-state index < -0.39 is 26.0 Å². The van der Waals surface area contributed by atoms with E-state index in [2.05, 4.69) is 4.74 Å². The Morgan fingerprint density at radius 2 is 2.00 bits per heavy atom. The van der Waals surface area contributed by atoms with Gasteiger partial charge in [-0.1, -0.05) is 13.3 Å².